The lowest BCUT2D eigenvalue weighted by atomic mass is 10.2. The topological polar surface area (TPSA) is 109 Å². The monoisotopic (exact) mass is 256 g/mol. The van der Waals surface area contributed by atoms with E-state index in [1.807, 2.05) is 6.92 Å². The number of aliphatic carboxylic acids is 1. The van der Waals surface area contributed by atoms with Crippen LogP contribution in [-0.4, -0.2) is 28.9 Å². The minimum Gasteiger partial charge on any atom is -0.480 e. The van der Waals surface area contributed by atoms with Gasteiger partial charge in [0, 0.05) is 0 Å². The summed E-state index contributed by atoms with van der Waals surface area (Å²) in [6.45, 7) is 1.82. The number of amides is 2. The van der Waals surface area contributed by atoms with Gasteiger partial charge in [-0.05, 0) is 23.9 Å². The molecule has 0 radical (unpaired) electrons. The van der Waals surface area contributed by atoms with E-state index in [1.165, 1.54) is 11.3 Å². The molecule has 4 N–H and O–H groups in total. The zero-order chi connectivity index (χ0) is 13.0. The number of thiophene rings is 1. The van der Waals surface area contributed by atoms with Crippen molar-refractivity contribution in [3.05, 3.63) is 21.9 Å². The maximum absolute atomic E-state index is 11.6. The summed E-state index contributed by atoms with van der Waals surface area (Å²) in [6.07, 6.45) is -0.425. The molecule has 0 unspecified atom stereocenters. The van der Waals surface area contributed by atoms with Crippen LogP contribution in [0.5, 0.6) is 0 Å². The highest BCUT2D eigenvalue weighted by Gasteiger charge is 2.23. The van der Waals surface area contributed by atoms with E-state index in [0.717, 1.165) is 5.56 Å². The van der Waals surface area contributed by atoms with Gasteiger partial charge >= 0.3 is 5.97 Å². The first kappa shape index (κ1) is 13.2. The number of hydrogen-bond acceptors (Lipinski definition) is 4. The lowest BCUT2D eigenvalue weighted by Crippen LogP contribution is -2.43. The van der Waals surface area contributed by atoms with Gasteiger partial charge in [0.1, 0.15) is 6.04 Å². The fourth-order valence-corrected chi connectivity index (χ4v) is 1.98. The highest BCUT2D eigenvalue weighted by molar-refractivity contribution is 7.12. The van der Waals surface area contributed by atoms with Gasteiger partial charge in [-0.25, -0.2) is 4.79 Å². The summed E-state index contributed by atoms with van der Waals surface area (Å²) in [5.41, 5.74) is 5.82. The van der Waals surface area contributed by atoms with E-state index >= 15 is 0 Å². The quantitative estimate of drug-likeness (QED) is 0.694. The molecule has 1 heterocycles. The van der Waals surface area contributed by atoms with Crippen molar-refractivity contribution in [3.8, 4) is 0 Å². The number of carboxylic acid groups (broad SMARTS) is 1. The molecule has 1 atom stereocenters. The average molecular weight is 256 g/mol. The van der Waals surface area contributed by atoms with Gasteiger partial charge in [0.25, 0.3) is 5.91 Å². The van der Waals surface area contributed by atoms with Gasteiger partial charge in [-0.3, -0.25) is 9.59 Å². The van der Waals surface area contributed by atoms with Crippen LogP contribution in [0.15, 0.2) is 11.4 Å². The summed E-state index contributed by atoms with van der Waals surface area (Å²) in [6, 6.07) is 0.353. The summed E-state index contributed by atoms with van der Waals surface area (Å²) in [4.78, 5) is 33.5. The van der Waals surface area contributed by atoms with Crippen LogP contribution in [0.4, 0.5) is 0 Å². The number of nitrogens with one attached hydrogen (secondary N) is 1. The first-order valence-corrected chi connectivity index (χ1v) is 5.65. The van der Waals surface area contributed by atoms with Crippen LogP contribution >= 0.6 is 11.3 Å². The summed E-state index contributed by atoms with van der Waals surface area (Å²) in [7, 11) is 0. The van der Waals surface area contributed by atoms with Gasteiger partial charge in [0.05, 0.1) is 11.3 Å². The van der Waals surface area contributed by atoms with Gasteiger partial charge in [0.2, 0.25) is 5.91 Å². The third-order valence-electron chi connectivity index (χ3n) is 1.96. The molecule has 0 spiro atoms. The molecule has 0 aliphatic rings. The molecular weight excluding hydrogens is 244 g/mol. The van der Waals surface area contributed by atoms with E-state index < -0.39 is 30.2 Å². The Morgan fingerprint density at radius 2 is 2.18 bits per heavy atom. The molecule has 0 aliphatic carbocycles. The van der Waals surface area contributed by atoms with Crippen LogP contribution < -0.4 is 11.1 Å². The second-order valence-electron chi connectivity index (χ2n) is 3.52. The zero-order valence-electron chi connectivity index (χ0n) is 9.10. The van der Waals surface area contributed by atoms with Crippen LogP contribution in [0.25, 0.3) is 0 Å². The largest absolute Gasteiger partial charge is 0.480 e. The Hall–Kier alpha value is -1.89. The van der Waals surface area contributed by atoms with E-state index in [4.69, 9.17) is 10.8 Å². The number of hydrogen-bond donors (Lipinski definition) is 3. The molecule has 0 bridgehead atoms. The van der Waals surface area contributed by atoms with E-state index in [9.17, 15) is 14.4 Å². The van der Waals surface area contributed by atoms with Gasteiger partial charge < -0.3 is 16.2 Å². The van der Waals surface area contributed by atoms with Crippen LogP contribution in [0, 0.1) is 6.92 Å². The fraction of sp³-hybridized carbons (Fsp3) is 0.300. The first-order valence-electron chi connectivity index (χ1n) is 4.77. The summed E-state index contributed by atoms with van der Waals surface area (Å²) in [5, 5.41) is 12.8. The lowest BCUT2D eigenvalue weighted by molar-refractivity contribution is -0.140. The molecule has 1 aromatic heterocycles. The van der Waals surface area contributed by atoms with Crippen molar-refractivity contribution >= 4 is 29.1 Å². The molecular formula is C10H12N2O4S. The average Bonchev–Trinajstić information content (AvgIpc) is 2.63. The number of aryl methyl sites for hydroxylation is 1. The molecule has 0 aliphatic heterocycles. The summed E-state index contributed by atoms with van der Waals surface area (Å²) < 4.78 is 0. The standard InChI is InChI=1S/C10H12N2O4S/c1-5-2-7(17-4-5)9(14)12-6(10(15)16)3-8(11)13/h2,4,6H,3H2,1H3,(H2,11,13)(H,12,14)(H,15,16)/t6-/m0/s1. The number of nitrogens with two attached hydrogens (primary N) is 1. The molecule has 0 saturated heterocycles. The maximum Gasteiger partial charge on any atom is 0.326 e. The number of carbonyl (C=O) groups excluding carboxylic acids is 2. The smallest absolute Gasteiger partial charge is 0.326 e. The Bertz CT molecular complexity index is 455. The van der Waals surface area contributed by atoms with Gasteiger partial charge in [-0.2, -0.15) is 0 Å². The van der Waals surface area contributed by atoms with Gasteiger partial charge in [0.15, 0.2) is 0 Å². The van der Waals surface area contributed by atoms with E-state index in [1.54, 1.807) is 11.4 Å². The molecule has 0 aromatic carbocycles. The van der Waals surface area contributed by atoms with Crippen molar-refractivity contribution in [1.82, 2.24) is 5.32 Å². The first-order chi connectivity index (χ1) is 7.90. The Kier molecular flexibility index (Phi) is 4.22. The normalized spacial score (nSPS) is 11.8. The van der Waals surface area contributed by atoms with E-state index in [-0.39, 0.29) is 0 Å². The number of carbonyl (C=O) groups is 3. The third kappa shape index (κ3) is 3.87. The molecule has 17 heavy (non-hydrogen) atoms. The summed E-state index contributed by atoms with van der Waals surface area (Å²) >= 11 is 1.21. The van der Waals surface area contributed by atoms with Crippen LogP contribution in [0.3, 0.4) is 0 Å². The van der Waals surface area contributed by atoms with Gasteiger partial charge in [-0.15, -0.1) is 11.3 Å². The second kappa shape index (κ2) is 5.44. The Labute approximate surface area is 101 Å². The van der Waals surface area contributed by atoms with Crippen molar-refractivity contribution in [2.45, 2.75) is 19.4 Å². The lowest BCUT2D eigenvalue weighted by Gasteiger charge is -2.11. The van der Waals surface area contributed by atoms with Crippen LogP contribution in [0.1, 0.15) is 21.7 Å². The summed E-state index contributed by atoms with van der Waals surface area (Å²) in [5.74, 6) is -2.58. The van der Waals surface area contributed by atoms with E-state index in [2.05, 4.69) is 5.32 Å². The predicted molar refractivity (Wildman–Crippen MR) is 61.8 cm³/mol. The van der Waals surface area contributed by atoms with Crippen LogP contribution in [0.2, 0.25) is 0 Å². The number of rotatable bonds is 5. The molecule has 92 valence electrons. The highest BCUT2D eigenvalue weighted by atomic mass is 32.1. The Balaban J connectivity index is 2.70. The Morgan fingerprint density at radius 3 is 2.59 bits per heavy atom. The fourth-order valence-electron chi connectivity index (χ4n) is 1.18. The van der Waals surface area contributed by atoms with Crippen molar-refractivity contribution < 1.29 is 19.5 Å². The molecule has 1 aromatic rings. The Morgan fingerprint density at radius 1 is 1.53 bits per heavy atom. The minimum atomic E-state index is -1.29. The highest BCUT2D eigenvalue weighted by Crippen LogP contribution is 2.13. The number of primary amides is 1. The minimum absolute atomic E-state index is 0.401. The molecule has 6 nitrogen and oxygen atoms in total. The number of carboxylic acids is 1. The molecule has 7 heteroatoms. The third-order valence-corrected chi connectivity index (χ3v) is 3.01. The van der Waals surface area contributed by atoms with Crippen molar-refractivity contribution in [1.29, 1.82) is 0 Å². The maximum atomic E-state index is 11.6. The zero-order valence-corrected chi connectivity index (χ0v) is 9.91. The van der Waals surface area contributed by atoms with Crippen molar-refractivity contribution in [2.75, 3.05) is 0 Å². The van der Waals surface area contributed by atoms with Crippen molar-refractivity contribution in [3.63, 3.8) is 0 Å². The SMILES string of the molecule is Cc1csc(C(=O)N[C@@H](CC(N)=O)C(=O)O)c1. The molecule has 1 rings (SSSR count). The van der Waals surface area contributed by atoms with E-state index in [0.29, 0.717) is 4.88 Å². The second-order valence-corrected chi connectivity index (χ2v) is 4.43. The van der Waals surface area contributed by atoms with Gasteiger partial charge in [-0.1, -0.05) is 0 Å². The molecule has 0 fully saturated rings. The predicted octanol–water partition coefficient (Wildman–Crippen LogP) is 0.115. The van der Waals surface area contributed by atoms with Crippen LogP contribution in [-0.2, 0) is 9.59 Å². The van der Waals surface area contributed by atoms with Crippen molar-refractivity contribution in [2.24, 2.45) is 5.73 Å². The molecule has 2 amide bonds. The molecule has 0 saturated carbocycles.